The van der Waals surface area contributed by atoms with Gasteiger partial charge in [0.25, 0.3) is 0 Å². The fourth-order valence-electron chi connectivity index (χ4n) is 2.25. The number of fused-ring (bicyclic) bond motifs is 1. The summed E-state index contributed by atoms with van der Waals surface area (Å²) in [5, 5.41) is 9.25. The molecule has 0 atom stereocenters. The molecule has 0 aromatic carbocycles. The maximum atomic E-state index is 13.8. The highest BCUT2D eigenvalue weighted by molar-refractivity contribution is 5.79. The quantitative estimate of drug-likeness (QED) is 0.850. The van der Waals surface area contributed by atoms with Gasteiger partial charge < -0.3 is 10.6 Å². The Hall–Kier alpha value is -2.70. The van der Waals surface area contributed by atoms with Crippen molar-refractivity contribution in [3.05, 3.63) is 48.3 Å². The standard InChI is InChI=1S/C15H16FN5O/c1-3-9(7-19-15(22)17-2)12-6-11(10-4-5-10)14-18-8-13(16)21(14)20-12/h3,6-8,10H,1,4-5H2,2H3,(H2,17,19,22)/b9-7+. The number of halogens is 1. The first-order chi connectivity index (χ1) is 10.6. The van der Waals surface area contributed by atoms with Crippen LogP contribution in [-0.2, 0) is 0 Å². The maximum absolute atomic E-state index is 13.8. The molecule has 2 heterocycles. The van der Waals surface area contributed by atoms with E-state index in [1.165, 1.54) is 17.8 Å². The van der Waals surface area contributed by atoms with Crippen LogP contribution in [0.25, 0.3) is 11.2 Å². The van der Waals surface area contributed by atoms with Gasteiger partial charge in [0, 0.05) is 24.4 Å². The number of allylic oxidation sites excluding steroid dienone is 2. The van der Waals surface area contributed by atoms with E-state index in [0.717, 1.165) is 24.6 Å². The van der Waals surface area contributed by atoms with E-state index in [9.17, 15) is 9.18 Å². The first-order valence-electron chi connectivity index (χ1n) is 6.99. The average molecular weight is 301 g/mol. The second-order valence-electron chi connectivity index (χ2n) is 5.10. The Balaban J connectivity index is 2.07. The lowest BCUT2D eigenvalue weighted by Gasteiger charge is -2.08. The molecule has 0 spiro atoms. The lowest BCUT2D eigenvalue weighted by atomic mass is 10.1. The molecule has 0 unspecified atom stereocenters. The van der Waals surface area contributed by atoms with Gasteiger partial charge in [0.15, 0.2) is 5.65 Å². The van der Waals surface area contributed by atoms with Gasteiger partial charge in [-0.1, -0.05) is 12.7 Å². The topological polar surface area (TPSA) is 71.3 Å². The molecule has 1 aliphatic carbocycles. The predicted molar refractivity (Wildman–Crippen MR) is 80.7 cm³/mol. The smallest absolute Gasteiger partial charge is 0.318 e. The van der Waals surface area contributed by atoms with Gasteiger partial charge in [0.2, 0.25) is 5.95 Å². The van der Waals surface area contributed by atoms with Gasteiger partial charge in [-0.3, -0.25) is 0 Å². The highest BCUT2D eigenvalue weighted by atomic mass is 19.1. The minimum Gasteiger partial charge on any atom is -0.341 e. The molecule has 0 radical (unpaired) electrons. The van der Waals surface area contributed by atoms with E-state index in [2.05, 4.69) is 27.3 Å². The van der Waals surface area contributed by atoms with Crippen molar-refractivity contribution in [3.63, 3.8) is 0 Å². The Morgan fingerprint density at radius 1 is 1.55 bits per heavy atom. The summed E-state index contributed by atoms with van der Waals surface area (Å²) in [7, 11) is 1.52. The highest BCUT2D eigenvalue weighted by Gasteiger charge is 2.28. The fraction of sp³-hybridized carbons (Fsp3) is 0.267. The van der Waals surface area contributed by atoms with Gasteiger partial charge in [-0.25, -0.2) is 9.78 Å². The number of nitrogens with zero attached hydrogens (tertiary/aromatic N) is 3. The number of aromatic nitrogens is 3. The zero-order valence-electron chi connectivity index (χ0n) is 12.1. The fourth-order valence-corrected chi connectivity index (χ4v) is 2.25. The van der Waals surface area contributed by atoms with E-state index in [1.807, 2.05) is 6.07 Å². The second kappa shape index (κ2) is 5.59. The monoisotopic (exact) mass is 301 g/mol. The van der Waals surface area contributed by atoms with E-state index in [0.29, 0.717) is 22.8 Å². The van der Waals surface area contributed by atoms with Crippen molar-refractivity contribution < 1.29 is 9.18 Å². The van der Waals surface area contributed by atoms with Gasteiger partial charge in [-0.2, -0.15) is 14.0 Å². The van der Waals surface area contributed by atoms with Gasteiger partial charge >= 0.3 is 6.03 Å². The summed E-state index contributed by atoms with van der Waals surface area (Å²) >= 11 is 0. The lowest BCUT2D eigenvalue weighted by Crippen LogP contribution is -2.28. The van der Waals surface area contributed by atoms with E-state index < -0.39 is 5.95 Å². The number of carbonyl (C=O) groups excluding carboxylic acids is 1. The van der Waals surface area contributed by atoms with Crippen LogP contribution in [0.4, 0.5) is 9.18 Å². The molecule has 0 saturated heterocycles. The molecule has 114 valence electrons. The molecule has 1 fully saturated rings. The Labute approximate surface area is 126 Å². The molecule has 2 amide bonds. The number of amides is 2. The zero-order chi connectivity index (χ0) is 15.7. The van der Waals surface area contributed by atoms with Crippen LogP contribution in [0.3, 0.4) is 0 Å². The summed E-state index contributed by atoms with van der Waals surface area (Å²) in [6.07, 6.45) is 6.35. The van der Waals surface area contributed by atoms with Crippen molar-refractivity contribution in [1.29, 1.82) is 0 Å². The molecule has 3 rings (SSSR count). The maximum Gasteiger partial charge on any atom is 0.318 e. The van der Waals surface area contributed by atoms with Crippen LogP contribution in [0.1, 0.15) is 30.0 Å². The Morgan fingerprint density at radius 2 is 2.32 bits per heavy atom. The summed E-state index contributed by atoms with van der Waals surface area (Å²) < 4.78 is 15.0. The minimum atomic E-state index is -0.513. The van der Waals surface area contributed by atoms with Crippen LogP contribution in [-0.4, -0.2) is 27.7 Å². The minimum absolute atomic E-state index is 0.350. The van der Waals surface area contributed by atoms with Gasteiger partial charge in [-0.15, -0.1) is 0 Å². The number of nitrogens with one attached hydrogen (secondary N) is 2. The third-order valence-corrected chi connectivity index (χ3v) is 3.57. The zero-order valence-corrected chi connectivity index (χ0v) is 12.1. The number of hydrogen-bond acceptors (Lipinski definition) is 3. The van der Waals surface area contributed by atoms with Crippen LogP contribution in [0.2, 0.25) is 0 Å². The molecule has 0 aliphatic heterocycles. The van der Waals surface area contributed by atoms with Gasteiger partial charge in [0.05, 0.1) is 11.9 Å². The molecule has 1 aliphatic rings. The molecule has 2 N–H and O–H groups in total. The van der Waals surface area contributed by atoms with E-state index in [1.54, 1.807) is 6.08 Å². The average Bonchev–Trinajstić information content (AvgIpc) is 3.31. The Morgan fingerprint density at radius 3 is 2.95 bits per heavy atom. The molecule has 7 heteroatoms. The van der Waals surface area contributed by atoms with Crippen molar-refractivity contribution in [2.45, 2.75) is 18.8 Å². The summed E-state index contributed by atoms with van der Waals surface area (Å²) in [5.74, 6) is -0.120. The third kappa shape index (κ3) is 2.57. The third-order valence-electron chi connectivity index (χ3n) is 3.57. The van der Waals surface area contributed by atoms with Crippen molar-refractivity contribution in [1.82, 2.24) is 25.2 Å². The van der Waals surface area contributed by atoms with Crippen LogP contribution in [0, 0.1) is 5.95 Å². The summed E-state index contributed by atoms with van der Waals surface area (Å²) in [4.78, 5) is 15.4. The van der Waals surface area contributed by atoms with Crippen molar-refractivity contribution in [2.75, 3.05) is 7.05 Å². The van der Waals surface area contributed by atoms with E-state index >= 15 is 0 Å². The molecular weight excluding hydrogens is 285 g/mol. The summed E-state index contributed by atoms with van der Waals surface area (Å²) in [5.41, 5.74) is 2.66. The molecule has 0 bridgehead atoms. The molecule has 2 aromatic heterocycles. The van der Waals surface area contributed by atoms with Gasteiger partial charge in [-0.05, 0) is 24.8 Å². The first kappa shape index (κ1) is 14.2. The lowest BCUT2D eigenvalue weighted by molar-refractivity contribution is 0.246. The van der Waals surface area contributed by atoms with E-state index in [4.69, 9.17) is 0 Å². The molecule has 6 nitrogen and oxygen atoms in total. The summed E-state index contributed by atoms with van der Waals surface area (Å²) in [6, 6.07) is 1.54. The van der Waals surface area contributed by atoms with Gasteiger partial charge in [0.1, 0.15) is 0 Å². The summed E-state index contributed by atoms with van der Waals surface area (Å²) in [6.45, 7) is 3.72. The SMILES string of the molecule is C=C/C(=C\NC(=O)NC)c1cc(C2CC2)c2ncc(F)n2n1. The van der Waals surface area contributed by atoms with Crippen molar-refractivity contribution in [3.8, 4) is 0 Å². The molecule has 1 saturated carbocycles. The molecular formula is C15H16FN5O. The highest BCUT2D eigenvalue weighted by Crippen LogP contribution is 2.42. The molecule has 22 heavy (non-hydrogen) atoms. The number of rotatable bonds is 4. The van der Waals surface area contributed by atoms with Crippen LogP contribution >= 0.6 is 0 Å². The van der Waals surface area contributed by atoms with E-state index in [-0.39, 0.29) is 6.03 Å². The first-order valence-corrected chi connectivity index (χ1v) is 6.99. The second-order valence-corrected chi connectivity index (χ2v) is 5.10. The largest absolute Gasteiger partial charge is 0.341 e. The number of hydrogen-bond donors (Lipinski definition) is 2. The Bertz CT molecular complexity index is 776. The number of urea groups is 1. The number of carbonyl (C=O) groups is 1. The van der Waals surface area contributed by atoms with Crippen molar-refractivity contribution in [2.24, 2.45) is 0 Å². The normalized spacial score (nSPS) is 14.9. The van der Waals surface area contributed by atoms with Crippen LogP contribution < -0.4 is 10.6 Å². The van der Waals surface area contributed by atoms with Crippen molar-refractivity contribution >= 4 is 17.3 Å². The van der Waals surface area contributed by atoms with Crippen LogP contribution in [0.5, 0.6) is 0 Å². The Kier molecular flexibility index (Phi) is 3.62. The number of imidazole rings is 1. The predicted octanol–water partition coefficient (Wildman–Crippen LogP) is 2.20. The van der Waals surface area contributed by atoms with Crippen LogP contribution in [0.15, 0.2) is 31.1 Å². The molecule has 2 aromatic rings.